The third-order valence-electron chi connectivity index (χ3n) is 5.96. The zero-order valence-corrected chi connectivity index (χ0v) is 23.8. The van der Waals surface area contributed by atoms with Gasteiger partial charge in [-0.2, -0.15) is 0 Å². The van der Waals surface area contributed by atoms with Crippen LogP contribution in [0.25, 0.3) is 17.3 Å². The Balaban J connectivity index is 1.24. The molecule has 0 aliphatic rings. The van der Waals surface area contributed by atoms with Crippen molar-refractivity contribution in [2.45, 2.75) is 17.3 Å². The summed E-state index contributed by atoms with van der Waals surface area (Å²) >= 11 is 2.89. The van der Waals surface area contributed by atoms with Crippen molar-refractivity contribution in [1.29, 1.82) is 0 Å². The van der Waals surface area contributed by atoms with Crippen LogP contribution in [0.1, 0.15) is 21.1 Å². The Labute approximate surface area is 239 Å². The highest BCUT2D eigenvalue weighted by molar-refractivity contribution is 7.98. The molecule has 0 atom stereocenters. The van der Waals surface area contributed by atoms with Crippen LogP contribution in [0.4, 0.5) is 0 Å². The molecule has 1 N–H and O–H groups in total. The van der Waals surface area contributed by atoms with Gasteiger partial charge in [-0.15, -0.1) is 21.5 Å². The molecule has 5 rings (SSSR count). The third kappa shape index (κ3) is 5.97. The molecule has 0 unspecified atom stereocenters. The molecule has 0 saturated heterocycles. The predicted octanol–water partition coefficient (Wildman–Crippen LogP) is 5.27. The maximum Gasteiger partial charge on any atom is 0.270 e. The van der Waals surface area contributed by atoms with E-state index in [1.165, 1.54) is 23.1 Å². The third-order valence-corrected chi connectivity index (χ3v) is 7.93. The first-order valence-electron chi connectivity index (χ1n) is 12.3. The lowest BCUT2D eigenvalue weighted by Gasteiger charge is -2.12. The van der Waals surface area contributed by atoms with Crippen molar-refractivity contribution >= 4 is 29.0 Å². The van der Waals surface area contributed by atoms with Crippen molar-refractivity contribution in [2.24, 2.45) is 0 Å². The summed E-state index contributed by atoms with van der Waals surface area (Å²) in [6.07, 6.45) is 2.24. The summed E-state index contributed by atoms with van der Waals surface area (Å²) in [6, 6.07) is 17.0. The lowest BCUT2D eigenvalue weighted by Crippen LogP contribution is -2.26. The number of carbonyl (C=O) groups excluding carboxylic acids is 1. The molecule has 0 saturated carbocycles. The number of thiazole rings is 1. The number of aromatic nitrogens is 4. The van der Waals surface area contributed by atoms with Crippen LogP contribution >= 0.6 is 23.1 Å². The van der Waals surface area contributed by atoms with Crippen LogP contribution in [0.15, 0.2) is 75.8 Å². The summed E-state index contributed by atoms with van der Waals surface area (Å²) < 4.78 is 23.7. The summed E-state index contributed by atoms with van der Waals surface area (Å²) in [5, 5.41) is 14.9. The number of benzene rings is 2. The SMILES string of the molecule is COc1ccc(CCNC(=O)c2csc(CSc3nnc(-c4ccco4)n3-c3ccccc3OC)n2)cc1OC. The molecule has 1 amide bonds. The molecule has 0 fully saturated rings. The molecule has 3 heterocycles. The zero-order valence-electron chi connectivity index (χ0n) is 22.1. The van der Waals surface area contributed by atoms with Crippen molar-refractivity contribution in [2.75, 3.05) is 27.9 Å². The Morgan fingerprint density at radius 2 is 1.82 bits per heavy atom. The van der Waals surface area contributed by atoms with Gasteiger partial charge in [-0.3, -0.25) is 9.36 Å². The summed E-state index contributed by atoms with van der Waals surface area (Å²) in [5.74, 6) is 3.45. The number of para-hydroxylation sites is 2. The summed E-state index contributed by atoms with van der Waals surface area (Å²) in [6.45, 7) is 0.466. The van der Waals surface area contributed by atoms with Gasteiger partial charge in [0, 0.05) is 11.9 Å². The minimum atomic E-state index is -0.217. The molecule has 12 heteroatoms. The molecule has 5 aromatic rings. The largest absolute Gasteiger partial charge is 0.495 e. The monoisotopic (exact) mass is 577 g/mol. The first-order valence-corrected chi connectivity index (χ1v) is 14.2. The van der Waals surface area contributed by atoms with E-state index in [1.54, 1.807) is 39.0 Å². The lowest BCUT2D eigenvalue weighted by atomic mass is 10.1. The fraction of sp³-hybridized carbons (Fsp3) is 0.214. The van der Waals surface area contributed by atoms with Gasteiger partial charge in [-0.1, -0.05) is 30.0 Å². The standard InChI is InChI=1S/C28H27N5O5S2/c1-35-21-8-5-4-7-20(21)33-26(23-9-6-14-38-23)31-32-28(33)40-17-25-30-19(16-39-25)27(34)29-13-12-18-10-11-22(36-2)24(15-18)37-3/h4-11,14-16H,12-13,17H2,1-3H3,(H,29,34). The second-order valence-corrected chi connectivity index (χ2v) is 10.3. The molecule has 206 valence electrons. The second kappa shape index (κ2) is 12.7. The molecule has 10 nitrogen and oxygen atoms in total. The predicted molar refractivity (Wildman–Crippen MR) is 153 cm³/mol. The maximum absolute atomic E-state index is 12.7. The van der Waals surface area contributed by atoms with E-state index in [9.17, 15) is 4.79 Å². The van der Waals surface area contributed by atoms with Gasteiger partial charge in [0.2, 0.25) is 5.82 Å². The summed E-state index contributed by atoms with van der Waals surface area (Å²) in [4.78, 5) is 17.3. The Morgan fingerprint density at radius 3 is 2.60 bits per heavy atom. The number of carbonyl (C=O) groups is 1. The van der Waals surface area contributed by atoms with Crippen LogP contribution in [-0.2, 0) is 12.2 Å². The van der Waals surface area contributed by atoms with Crippen LogP contribution in [0.3, 0.4) is 0 Å². The van der Waals surface area contributed by atoms with Crippen LogP contribution in [0.5, 0.6) is 17.2 Å². The van der Waals surface area contributed by atoms with E-state index in [0.29, 0.717) is 58.4 Å². The van der Waals surface area contributed by atoms with Gasteiger partial charge >= 0.3 is 0 Å². The van der Waals surface area contributed by atoms with Gasteiger partial charge < -0.3 is 23.9 Å². The average Bonchev–Trinajstić information content (AvgIpc) is 3.77. The highest BCUT2D eigenvalue weighted by atomic mass is 32.2. The molecule has 0 aliphatic heterocycles. The molecule has 0 aliphatic carbocycles. The molecule has 0 bridgehead atoms. The van der Waals surface area contributed by atoms with E-state index in [-0.39, 0.29) is 5.91 Å². The van der Waals surface area contributed by atoms with Crippen LogP contribution in [-0.4, -0.2) is 53.5 Å². The number of nitrogens with one attached hydrogen (secondary N) is 1. The molecule has 40 heavy (non-hydrogen) atoms. The van der Waals surface area contributed by atoms with E-state index in [2.05, 4.69) is 20.5 Å². The molecule has 2 aromatic carbocycles. The Hall–Kier alpha value is -4.29. The van der Waals surface area contributed by atoms with Crippen LogP contribution in [0.2, 0.25) is 0 Å². The van der Waals surface area contributed by atoms with E-state index >= 15 is 0 Å². The lowest BCUT2D eigenvalue weighted by molar-refractivity contribution is 0.0949. The first kappa shape index (κ1) is 27.3. The molecule has 3 aromatic heterocycles. The number of rotatable bonds is 12. The van der Waals surface area contributed by atoms with Crippen LogP contribution in [0, 0.1) is 0 Å². The van der Waals surface area contributed by atoms with Gasteiger partial charge in [0.15, 0.2) is 22.4 Å². The minimum absolute atomic E-state index is 0.217. The Bertz CT molecular complexity index is 1580. The Morgan fingerprint density at radius 1 is 1.00 bits per heavy atom. The van der Waals surface area contributed by atoms with Gasteiger partial charge in [-0.05, 0) is 48.4 Å². The summed E-state index contributed by atoms with van der Waals surface area (Å²) in [5.41, 5.74) is 2.20. The van der Waals surface area contributed by atoms with Crippen molar-refractivity contribution in [3.05, 3.63) is 82.5 Å². The van der Waals surface area contributed by atoms with Crippen molar-refractivity contribution in [3.8, 4) is 34.5 Å². The normalized spacial score (nSPS) is 10.9. The van der Waals surface area contributed by atoms with Gasteiger partial charge in [0.1, 0.15) is 16.5 Å². The molecular formula is C28H27N5O5S2. The highest BCUT2D eigenvalue weighted by Gasteiger charge is 2.21. The number of hydrogen-bond donors (Lipinski definition) is 1. The minimum Gasteiger partial charge on any atom is -0.495 e. The smallest absolute Gasteiger partial charge is 0.270 e. The van der Waals surface area contributed by atoms with Crippen molar-refractivity contribution < 1.29 is 23.4 Å². The molecule has 0 spiro atoms. The molecular weight excluding hydrogens is 550 g/mol. The van der Waals surface area contributed by atoms with Gasteiger partial charge in [0.05, 0.1) is 39.0 Å². The topological polar surface area (TPSA) is 114 Å². The number of hydrogen-bond acceptors (Lipinski definition) is 10. The highest BCUT2D eigenvalue weighted by Crippen LogP contribution is 2.34. The Kier molecular flexibility index (Phi) is 8.67. The fourth-order valence-corrected chi connectivity index (χ4v) is 5.75. The fourth-order valence-electron chi connectivity index (χ4n) is 4.02. The van der Waals surface area contributed by atoms with E-state index in [0.717, 1.165) is 16.3 Å². The number of methoxy groups -OCH3 is 3. The van der Waals surface area contributed by atoms with Gasteiger partial charge in [0.25, 0.3) is 5.91 Å². The van der Waals surface area contributed by atoms with E-state index in [1.807, 2.05) is 53.1 Å². The molecule has 0 radical (unpaired) electrons. The first-order chi connectivity index (χ1) is 19.6. The zero-order chi connectivity index (χ0) is 27.9. The number of furan rings is 1. The number of nitrogens with zero attached hydrogens (tertiary/aromatic N) is 4. The van der Waals surface area contributed by atoms with Crippen LogP contribution < -0.4 is 19.5 Å². The average molecular weight is 578 g/mol. The van der Waals surface area contributed by atoms with E-state index in [4.69, 9.17) is 18.6 Å². The number of amides is 1. The van der Waals surface area contributed by atoms with Crippen molar-refractivity contribution in [3.63, 3.8) is 0 Å². The maximum atomic E-state index is 12.7. The van der Waals surface area contributed by atoms with Crippen molar-refractivity contribution in [1.82, 2.24) is 25.1 Å². The quantitative estimate of drug-likeness (QED) is 0.198. The van der Waals surface area contributed by atoms with E-state index < -0.39 is 0 Å². The van der Waals surface area contributed by atoms with Gasteiger partial charge in [-0.25, -0.2) is 4.98 Å². The number of thioether (sulfide) groups is 1. The summed E-state index contributed by atoms with van der Waals surface area (Å²) in [7, 11) is 4.82. The number of ether oxygens (including phenoxy) is 3. The second-order valence-electron chi connectivity index (χ2n) is 8.40.